The van der Waals surface area contributed by atoms with Crippen LogP contribution in [-0.2, 0) is 9.84 Å². The first kappa shape index (κ1) is 14.0. The van der Waals surface area contributed by atoms with Crippen molar-refractivity contribution in [2.24, 2.45) is 0 Å². The van der Waals surface area contributed by atoms with Gasteiger partial charge in [0.15, 0.2) is 9.84 Å². The highest BCUT2D eigenvalue weighted by Crippen LogP contribution is 2.35. The number of hydrogen-bond acceptors (Lipinski definition) is 4. The summed E-state index contributed by atoms with van der Waals surface area (Å²) in [6.45, 7) is 3.07. The number of aromatic nitrogens is 1. The number of pyridine rings is 1. The Morgan fingerprint density at radius 1 is 1.26 bits per heavy atom. The molecule has 0 spiro atoms. The maximum absolute atomic E-state index is 11.8. The van der Waals surface area contributed by atoms with Crippen LogP contribution in [0.4, 0.5) is 0 Å². The van der Waals surface area contributed by atoms with Crippen molar-refractivity contribution in [2.75, 3.05) is 6.26 Å². The molecule has 1 unspecified atom stereocenters. The second kappa shape index (κ2) is 4.58. The highest BCUT2D eigenvalue weighted by atomic mass is 32.2. The van der Waals surface area contributed by atoms with Crippen molar-refractivity contribution < 1.29 is 13.5 Å². The molecule has 0 radical (unpaired) electrons. The van der Waals surface area contributed by atoms with Crippen molar-refractivity contribution in [3.05, 3.63) is 42.2 Å². The summed E-state index contributed by atoms with van der Waals surface area (Å²) < 4.78 is 22.4. The van der Waals surface area contributed by atoms with Gasteiger partial charge in [-0.2, -0.15) is 0 Å². The largest absolute Gasteiger partial charge is 0.387 e. The van der Waals surface area contributed by atoms with E-state index in [9.17, 15) is 13.5 Å². The number of aliphatic hydroxyl groups excluding tert-OH is 1. The lowest BCUT2D eigenvalue weighted by atomic mass is 9.94. The Morgan fingerprint density at radius 2 is 1.95 bits per heavy atom. The average molecular weight is 279 g/mol. The van der Waals surface area contributed by atoms with Crippen molar-refractivity contribution in [1.82, 2.24) is 4.98 Å². The predicted molar refractivity (Wildman–Crippen MR) is 75.6 cm³/mol. The van der Waals surface area contributed by atoms with Gasteiger partial charge in [-0.15, -0.1) is 0 Å². The van der Waals surface area contributed by atoms with Gasteiger partial charge in [-0.1, -0.05) is 18.2 Å². The lowest BCUT2D eigenvalue weighted by Gasteiger charge is -2.29. The molecule has 1 N–H and O–H groups in total. The monoisotopic (exact) mass is 279 g/mol. The molecule has 0 aliphatic carbocycles. The number of fused-ring (bicyclic) bond motifs is 1. The molecular weight excluding hydrogens is 262 g/mol. The van der Waals surface area contributed by atoms with Gasteiger partial charge >= 0.3 is 0 Å². The summed E-state index contributed by atoms with van der Waals surface area (Å²) in [5, 5.41) is 12.2. The van der Waals surface area contributed by atoms with E-state index in [1.54, 1.807) is 30.6 Å². The number of benzene rings is 1. The number of hydrogen-bond donors (Lipinski definition) is 1. The van der Waals surface area contributed by atoms with Gasteiger partial charge < -0.3 is 5.11 Å². The first-order valence-electron chi connectivity index (χ1n) is 5.95. The Morgan fingerprint density at radius 3 is 2.58 bits per heavy atom. The molecule has 0 saturated carbocycles. The molecule has 1 atom stereocenters. The van der Waals surface area contributed by atoms with Crippen LogP contribution in [0.15, 0.2) is 36.7 Å². The first-order valence-corrected chi connectivity index (χ1v) is 7.84. The Kier molecular flexibility index (Phi) is 3.36. The van der Waals surface area contributed by atoms with Gasteiger partial charge in [0.1, 0.15) is 0 Å². The van der Waals surface area contributed by atoms with Crippen LogP contribution in [0.2, 0.25) is 0 Å². The zero-order valence-electron chi connectivity index (χ0n) is 11.2. The van der Waals surface area contributed by atoms with Crippen molar-refractivity contribution in [2.45, 2.75) is 24.7 Å². The summed E-state index contributed by atoms with van der Waals surface area (Å²) in [6, 6.07) is 7.21. The van der Waals surface area contributed by atoms with Gasteiger partial charge in [0.2, 0.25) is 0 Å². The Bertz CT molecular complexity index is 702. The van der Waals surface area contributed by atoms with Crippen LogP contribution in [0.3, 0.4) is 0 Å². The van der Waals surface area contributed by atoms with Gasteiger partial charge in [0.25, 0.3) is 0 Å². The molecule has 1 heterocycles. The zero-order chi connectivity index (χ0) is 14.3. The maximum atomic E-state index is 11.8. The fraction of sp³-hybridized carbons (Fsp3) is 0.357. The molecule has 1 aromatic carbocycles. The minimum absolute atomic E-state index is 0.607. The van der Waals surface area contributed by atoms with Crippen molar-refractivity contribution >= 4 is 20.6 Å². The third-order valence-corrected chi connectivity index (χ3v) is 5.76. The lowest BCUT2D eigenvalue weighted by molar-refractivity contribution is 0.141. The predicted octanol–water partition coefficient (Wildman–Crippen LogP) is 2.09. The van der Waals surface area contributed by atoms with E-state index in [4.69, 9.17) is 0 Å². The van der Waals surface area contributed by atoms with E-state index in [1.165, 1.54) is 13.8 Å². The van der Waals surface area contributed by atoms with Crippen molar-refractivity contribution in [1.29, 1.82) is 0 Å². The first-order chi connectivity index (χ1) is 8.75. The number of nitrogens with zero attached hydrogens (tertiary/aromatic N) is 1. The fourth-order valence-electron chi connectivity index (χ4n) is 1.96. The van der Waals surface area contributed by atoms with Gasteiger partial charge in [-0.05, 0) is 30.9 Å². The van der Waals surface area contributed by atoms with E-state index in [0.29, 0.717) is 5.56 Å². The van der Waals surface area contributed by atoms with Crippen LogP contribution in [-0.4, -0.2) is 29.5 Å². The molecule has 0 aliphatic heterocycles. The van der Waals surface area contributed by atoms with E-state index >= 15 is 0 Å². The highest BCUT2D eigenvalue weighted by molar-refractivity contribution is 7.92. The molecule has 0 bridgehead atoms. The topological polar surface area (TPSA) is 67.3 Å². The summed E-state index contributed by atoms with van der Waals surface area (Å²) in [7, 11) is -3.38. The standard InChI is InChI=1S/C14H17NO3S/c1-14(2,19(3,17)18)13(16)12-6-4-5-10-9-15-8-7-11(10)12/h4-9,13,16H,1-3H3. The number of aliphatic hydroxyl groups is 1. The average Bonchev–Trinajstić information content (AvgIpc) is 2.36. The SMILES string of the molecule is CC(C)(C(O)c1cccc2cnccc12)S(C)(=O)=O. The normalized spacial score (nSPS) is 14.5. The van der Waals surface area contributed by atoms with Crippen LogP contribution in [0.5, 0.6) is 0 Å². The lowest BCUT2D eigenvalue weighted by Crippen LogP contribution is -2.37. The summed E-state index contributed by atoms with van der Waals surface area (Å²) in [5.41, 5.74) is 0.607. The van der Waals surface area contributed by atoms with Crippen molar-refractivity contribution in [3.8, 4) is 0 Å². The van der Waals surface area contributed by atoms with E-state index in [1.807, 2.05) is 6.07 Å². The van der Waals surface area contributed by atoms with Gasteiger partial charge in [0.05, 0.1) is 10.9 Å². The van der Waals surface area contributed by atoms with Crippen LogP contribution < -0.4 is 0 Å². The molecular formula is C14H17NO3S. The quantitative estimate of drug-likeness (QED) is 0.934. The molecule has 102 valence electrons. The molecule has 1 aromatic heterocycles. The molecule has 19 heavy (non-hydrogen) atoms. The van der Waals surface area contributed by atoms with Crippen molar-refractivity contribution in [3.63, 3.8) is 0 Å². The van der Waals surface area contributed by atoms with Crippen LogP contribution >= 0.6 is 0 Å². The second-order valence-electron chi connectivity index (χ2n) is 5.22. The molecule has 4 nitrogen and oxygen atoms in total. The molecule has 0 saturated heterocycles. The summed E-state index contributed by atoms with van der Waals surface area (Å²) in [4.78, 5) is 4.02. The smallest absolute Gasteiger partial charge is 0.155 e. The Labute approximate surface area is 113 Å². The molecule has 0 amide bonds. The molecule has 0 aliphatic rings. The van der Waals surface area contributed by atoms with E-state index in [-0.39, 0.29) is 0 Å². The fourth-order valence-corrected chi connectivity index (χ4v) is 2.50. The van der Waals surface area contributed by atoms with E-state index in [0.717, 1.165) is 17.0 Å². The summed E-state index contributed by atoms with van der Waals surface area (Å²) >= 11 is 0. The Hall–Kier alpha value is -1.46. The number of sulfone groups is 1. The number of rotatable bonds is 3. The molecule has 5 heteroatoms. The highest BCUT2D eigenvalue weighted by Gasteiger charge is 2.39. The minimum Gasteiger partial charge on any atom is -0.387 e. The summed E-state index contributed by atoms with van der Waals surface area (Å²) in [6.07, 6.45) is 3.38. The third-order valence-electron chi connectivity index (χ3n) is 3.62. The minimum atomic E-state index is -3.38. The Balaban J connectivity index is 2.63. The molecule has 0 fully saturated rings. The van der Waals surface area contributed by atoms with Crippen LogP contribution in [0, 0.1) is 0 Å². The molecule has 2 rings (SSSR count). The molecule has 2 aromatic rings. The van der Waals surface area contributed by atoms with E-state index in [2.05, 4.69) is 4.98 Å². The zero-order valence-corrected chi connectivity index (χ0v) is 12.0. The maximum Gasteiger partial charge on any atom is 0.155 e. The van der Waals surface area contributed by atoms with Gasteiger partial charge in [0, 0.05) is 24.0 Å². The van der Waals surface area contributed by atoms with Gasteiger partial charge in [-0.3, -0.25) is 4.98 Å². The van der Waals surface area contributed by atoms with E-state index < -0.39 is 20.7 Å². The summed E-state index contributed by atoms with van der Waals surface area (Å²) in [5.74, 6) is 0. The second-order valence-corrected chi connectivity index (χ2v) is 7.82. The van der Waals surface area contributed by atoms with Crippen LogP contribution in [0.1, 0.15) is 25.5 Å². The van der Waals surface area contributed by atoms with Crippen LogP contribution in [0.25, 0.3) is 10.8 Å². The third kappa shape index (κ3) is 2.35. The van der Waals surface area contributed by atoms with Gasteiger partial charge in [-0.25, -0.2) is 8.42 Å².